The molecule has 5 heteroatoms. The molecule has 0 fully saturated rings. The smallest absolute Gasteiger partial charge is 0.117 e. The minimum atomic E-state index is 0.221. The molecule has 0 spiro atoms. The molecule has 3 N–H and O–H groups in total. The highest BCUT2D eigenvalue weighted by Crippen LogP contribution is 2.30. The third-order valence-corrected chi connectivity index (χ3v) is 3.52. The van der Waals surface area contributed by atoms with E-state index in [0.717, 1.165) is 21.4 Å². The van der Waals surface area contributed by atoms with Gasteiger partial charge < -0.3 is 15.7 Å². The first-order valence-electron chi connectivity index (χ1n) is 5.61. The van der Waals surface area contributed by atoms with Gasteiger partial charge in [-0.15, -0.1) is 0 Å². The molecule has 2 rings (SSSR count). The second-order valence-electron chi connectivity index (χ2n) is 4.10. The van der Waals surface area contributed by atoms with Gasteiger partial charge in [0, 0.05) is 28.8 Å². The fraction of sp³-hybridized carbons (Fsp3) is 0.0714. The molecule has 0 radical (unpaired) electrons. The van der Waals surface area contributed by atoms with E-state index in [0.29, 0.717) is 4.99 Å². The molecule has 0 aliphatic carbocycles. The molecule has 2 aromatic carbocycles. The van der Waals surface area contributed by atoms with Crippen LogP contribution in [0.3, 0.4) is 0 Å². The highest BCUT2D eigenvalue weighted by atomic mass is 79.9. The Kier molecular flexibility index (Phi) is 4.07. The van der Waals surface area contributed by atoms with Gasteiger partial charge >= 0.3 is 0 Å². The third-order valence-electron chi connectivity index (χ3n) is 2.80. The summed E-state index contributed by atoms with van der Waals surface area (Å²) in [6.07, 6.45) is 0. The Labute approximate surface area is 125 Å². The average Bonchev–Trinajstić information content (AvgIpc) is 2.37. The van der Waals surface area contributed by atoms with Crippen LogP contribution in [0.1, 0.15) is 5.56 Å². The van der Waals surface area contributed by atoms with Gasteiger partial charge in [0.15, 0.2) is 0 Å². The molecule has 0 bridgehead atoms. The van der Waals surface area contributed by atoms with Gasteiger partial charge in [-0.25, -0.2) is 0 Å². The number of benzene rings is 2. The summed E-state index contributed by atoms with van der Waals surface area (Å²) in [5.41, 5.74) is 8.30. The standard InChI is InChI=1S/C14H13BrN2OS/c1-17(10-3-2-4-11(18)8-10)13-6-5-9(15)7-12(13)14(16)19/h2-8,18H,1H3,(H2,16,19). The molecule has 2 aromatic rings. The first kappa shape index (κ1) is 13.8. The van der Waals surface area contributed by atoms with Crippen LogP contribution >= 0.6 is 28.1 Å². The number of nitrogens with zero attached hydrogens (tertiary/aromatic N) is 1. The van der Waals surface area contributed by atoms with Gasteiger partial charge in [-0.1, -0.05) is 34.2 Å². The van der Waals surface area contributed by atoms with E-state index in [1.165, 1.54) is 0 Å². The number of nitrogens with two attached hydrogens (primary N) is 1. The van der Waals surface area contributed by atoms with Crippen molar-refractivity contribution in [2.75, 3.05) is 11.9 Å². The lowest BCUT2D eigenvalue weighted by Crippen LogP contribution is -2.17. The van der Waals surface area contributed by atoms with Gasteiger partial charge in [0.2, 0.25) is 0 Å². The number of hydrogen-bond donors (Lipinski definition) is 2. The number of halogens is 1. The normalized spacial score (nSPS) is 10.2. The third kappa shape index (κ3) is 3.05. The van der Waals surface area contributed by atoms with Gasteiger partial charge in [0.25, 0.3) is 0 Å². The molecule has 0 aromatic heterocycles. The molecule has 0 amide bonds. The number of phenolic OH excluding ortho intramolecular Hbond substituents is 1. The predicted octanol–water partition coefficient (Wildman–Crippen LogP) is 3.56. The molecule has 0 saturated heterocycles. The largest absolute Gasteiger partial charge is 0.508 e. The molecule has 0 heterocycles. The Morgan fingerprint density at radius 1 is 1.26 bits per heavy atom. The summed E-state index contributed by atoms with van der Waals surface area (Å²) in [6, 6.07) is 12.8. The quantitative estimate of drug-likeness (QED) is 0.841. The maximum absolute atomic E-state index is 9.55. The lowest BCUT2D eigenvalue weighted by molar-refractivity contribution is 0.475. The number of anilines is 2. The van der Waals surface area contributed by atoms with Crippen LogP contribution in [0.5, 0.6) is 5.75 Å². The lowest BCUT2D eigenvalue weighted by atomic mass is 10.1. The van der Waals surface area contributed by atoms with E-state index < -0.39 is 0 Å². The van der Waals surface area contributed by atoms with E-state index in [-0.39, 0.29) is 5.75 Å². The average molecular weight is 337 g/mol. The van der Waals surface area contributed by atoms with Crippen molar-refractivity contribution in [3.8, 4) is 5.75 Å². The Hall–Kier alpha value is -1.59. The highest BCUT2D eigenvalue weighted by Gasteiger charge is 2.12. The van der Waals surface area contributed by atoms with Gasteiger partial charge in [0.1, 0.15) is 10.7 Å². The molecule has 3 nitrogen and oxygen atoms in total. The van der Waals surface area contributed by atoms with Crippen molar-refractivity contribution in [2.45, 2.75) is 0 Å². The van der Waals surface area contributed by atoms with Crippen molar-refractivity contribution in [2.24, 2.45) is 5.73 Å². The first-order chi connectivity index (χ1) is 8.99. The molecule has 0 atom stereocenters. The van der Waals surface area contributed by atoms with E-state index in [9.17, 15) is 5.11 Å². The molecule has 0 saturated carbocycles. The molecule has 0 aliphatic rings. The van der Waals surface area contributed by atoms with Gasteiger partial charge in [-0.2, -0.15) is 0 Å². The van der Waals surface area contributed by atoms with Crippen LogP contribution in [0.2, 0.25) is 0 Å². The SMILES string of the molecule is CN(c1cccc(O)c1)c1ccc(Br)cc1C(N)=S. The van der Waals surface area contributed by atoms with Crippen LogP contribution < -0.4 is 10.6 Å². The van der Waals surface area contributed by atoms with Crippen molar-refractivity contribution in [3.63, 3.8) is 0 Å². The fourth-order valence-electron chi connectivity index (χ4n) is 1.84. The summed E-state index contributed by atoms with van der Waals surface area (Å²) in [6.45, 7) is 0. The maximum atomic E-state index is 9.55. The van der Waals surface area contributed by atoms with Crippen molar-refractivity contribution >= 4 is 44.5 Å². The zero-order chi connectivity index (χ0) is 14.0. The van der Waals surface area contributed by atoms with Crippen LogP contribution in [0.4, 0.5) is 11.4 Å². The van der Waals surface area contributed by atoms with Crippen LogP contribution in [-0.2, 0) is 0 Å². The van der Waals surface area contributed by atoms with Crippen LogP contribution in [0, 0.1) is 0 Å². The number of phenols is 1. The van der Waals surface area contributed by atoms with Crippen LogP contribution in [-0.4, -0.2) is 17.1 Å². The second kappa shape index (κ2) is 5.59. The van der Waals surface area contributed by atoms with E-state index in [1.54, 1.807) is 18.2 Å². The summed E-state index contributed by atoms with van der Waals surface area (Å²) in [5, 5.41) is 9.55. The Balaban J connectivity index is 2.49. The molecule has 19 heavy (non-hydrogen) atoms. The summed E-state index contributed by atoms with van der Waals surface area (Å²) in [5.74, 6) is 0.221. The molecule has 0 aliphatic heterocycles. The Morgan fingerprint density at radius 2 is 2.00 bits per heavy atom. The van der Waals surface area contributed by atoms with Crippen molar-refractivity contribution in [1.29, 1.82) is 0 Å². The fourth-order valence-corrected chi connectivity index (χ4v) is 2.36. The van der Waals surface area contributed by atoms with E-state index in [2.05, 4.69) is 15.9 Å². The summed E-state index contributed by atoms with van der Waals surface area (Å²) in [4.78, 5) is 2.27. The van der Waals surface area contributed by atoms with E-state index in [1.807, 2.05) is 36.2 Å². The summed E-state index contributed by atoms with van der Waals surface area (Å²) < 4.78 is 0.920. The van der Waals surface area contributed by atoms with Gasteiger partial charge in [0.05, 0.1) is 5.69 Å². The maximum Gasteiger partial charge on any atom is 0.117 e. The number of rotatable bonds is 3. The lowest BCUT2D eigenvalue weighted by Gasteiger charge is -2.22. The highest BCUT2D eigenvalue weighted by molar-refractivity contribution is 9.10. The molecular weight excluding hydrogens is 324 g/mol. The summed E-state index contributed by atoms with van der Waals surface area (Å²) in [7, 11) is 1.90. The topological polar surface area (TPSA) is 49.5 Å². The zero-order valence-corrected chi connectivity index (χ0v) is 12.7. The minimum absolute atomic E-state index is 0.221. The van der Waals surface area contributed by atoms with E-state index >= 15 is 0 Å². The van der Waals surface area contributed by atoms with Crippen molar-refractivity contribution < 1.29 is 5.11 Å². The van der Waals surface area contributed by atoms with E-state index in [4.69, 9.17) is 18.0 Å². The Morgan fingerprint density at radius 3 is 2.63 bits per heavy atom. The monoisotopic (exact) mass is 336 g/mol. The number of thiocarbonyl (C=S) groups is 1. The number of hydrogen-bond acceptors (Lipinski definition) is 3. The van der Waals surface area contributed by atoms with Crippen molar-refractivity contribution in [3.05, 3.63) is 52.5 Å². The molecular formula is C14H13BrN2OS. The van der Waals surface area contributed by atoms with Crippen LogP contribution in [0.25, 0.3) is 0 Å². The van der Waals surface area contributed by atoms with Crippen LogP contribution in [0.15, 0.2) is 46.9 Å². The number of aromatic hydroxyl groups is 1. The van der Waals surface area contributed by atoms with Gasteiger partial charge in [-0.3, -0.25) is 0 Å². The van der Waals surface area contributed by atoms with Gasteiger partial charge in [-0.05, 0) is 30.3 Å². The molecule has 98 valence electrons. The zero-order valence-electron chi connectivity index (χ0n) is 10.3. The summed E-state index contributed by atoms with van der Waals surface area (Å²) >= 11 is 8.49. The molecule has 0 unspecified atom stereocenters. The second-order valence-corrected chi connectivity index (χ2v) is 5.46. The first-order valence-corrected chi connectivity index (χ1v) is 6.81. The van der Waals surface area contributed by atoms with Crippen molar-refractivity contribution in [1.82, 2.24) is 0 Å². The predicted molar refractivity (Wildman–Crippen MR) is 86.2 cm³/mol. The minimum Gasteiger partial charge on any atom is -0.508 e. The Bertz CT molecular complexity index is 631.